The van der Waals surface area contributed by atoms with Crippen molar-refractivity contribution >= 4 is 5.96 Å². The third-order valence-corrected chi connectivity index (χ3v) is 3.47. The molecule has 4 nitrogen and oxygen atoms in total. The van der Waals surface area contributed by atoms with Gasteiger partial charge in [0.2, 0.25) is 0 Å². The van der Waals surface area contributed by atoms with Crippen LogP contribution in [-0.2, 0) is 0 Å². The Morgan fingerprint density at radius 2 is 1.90 bits per heavy atom. The fourth-order valence-corrected chi connectivity index (χ4v) is 2.53. The molecule has 0 aromatic heterocycles. The van der Waals surface area contributed by atoms with Crippen molar-refractivity contribution < 1.29 is 4.74 Å². The van der Waals surface area contributed by atoms with Crippen LogP contribution in [0.5, 0.6) is 5.75 Å². The topological polar surface area (TPSA) is 28.1 Å². The van der Waals surface area contributed by atoms with Crippen LogP contribution in [0.3, 0.4) is 0 Å². The molecule has 2 rings (SSSR count). The van der Waals surface area contributed by atoms with Crippen LogP contribution in [0.15, 0.2) is 35.3 Å². The monoisotopic (exact) mass is 275 g/mol. The number of ether oxygens (including phenoxy) is 1. The first-order valence-corrected chi connectivity index (χ1v) is 7.39. The van der Waals surface area contributed by atoms with E-state index in [1.54, 1.807) is 0 Å². The fourth-order valence-electron chi connectivity index (χ4n) is 2.53. The quantitative estimate of drug-likeness (QED) is 0.626. The van der Waals surface area contributed by atoms with E-state index in [0.717, 1.165) is 44.2 Å². The summed E-state index contributed by atoms with van der Waals surface area (Å²) in [5.74, 6) is 2.06. The van der Waals surface area contributed by atoms with Gasteiger partial charge >= 0.3 is 0 Å². The molecule has 1 aromatic carbocycles. The summed E-state index contributed by atoms with van der Waals surface area (Å²) in [5, 5.41) is 0. The normalized spacial score (nSPS) is 17.1. The molecule has 0 bridgehead atoms. The van der Waals surface area contributed by atoms with Crippen molar-refractivity contribution in [1.29, 1.82) is 0 Å². The van der Waals surface area contributed by atoms with Gasteiger partial charge in [-0.3, -0.25) is 4.99 Å². The minimum absolute atomic E-state index is 0.318. The lowest BCUT2D eigenvalue weighted by atomic mass is 10.1. The molecule has 0 atom stereocenters. The highest BCUT2D eigenvalue weighted by Crippen LogP contribution is 2.19. The molecule has 0 spiro atoms. The van der Waals surface area contributed by atoms with Gasteiger partial charge in [0.15, 0.2) is 5.96 Å². The highest BCUT2D eigenvalue weighted by atomic mass is 16.5. The molecule has 1 saturated heterocycles. The lowest BCUT2D eigenvalue weighted by molar-refractivity contribution is 0.126. The molecule has 20 heavy (non-hydrogen) atoms. The second-order valence-electron chi connectivity index (χ2n) is 5.29. The lowest BCUT2D eigenvalue weighted by Gasteiger charge is -2.36. The molecule has 0 saturated carbocycles. The second-order valence-corrected chi connectivity index (χ2v) is 5.29. The highest BCUT2D eigenvalue weighted by molar-refractivity contribution is 5.79. The van der Waals surface area contributed by atoms with Crippen LogP contribution >= 0.6 is 0 Å². The van der Waals surface area contributed by atoms with Crippen molar-refractivity contribution in [2.24, 2.45) is 4.99 Å². The zero-order chi connectivity index (χ0) is 14.4. The number of guanidine groups is 1. The molecule has 0 unspecified atom stereocenters. The summed E-state index contributed by atoms with van der Waals surface area (Å²) in [6.45, 7) is 4.92. The molecule has 1 heterocycles. The lowest BCUT2D eigenvalue weighted by Crippen LogP contribution is -2.47. The average molecular weight is 275 g/mol. The van der Waals surface area contributed by atoms with Gasteiger partial charge in [-0.15, -0.1) is 0 Å². The number of benzene rings is 1. The Labute approximate surface area is 122 Å². The first kappa shape index (κ1) is 14.7. The summed E-state index contributed by atoms with van der Waals surface area (Å²) in [6.07, 6.45) is 2.41. The zero-order valence-corrected chi connectivity index (χ0v) is 12.7. The molecule has 110 valence electrons. The van der Waals surface area contributed by atoms with E-state index in [1.807, 2.05) is 30.3 Å². The number of hydrogen-bond acceptors (Lipinski definition) is 2. The summed E-state index contributed by atoms with van der Waals surface area (Å²) < 4.78 is 6.02. The van der Waals surface area contributed by atoms with E-state index >= 15 is 0 Å². The van der Waals surface area contributed by atoms with E-state index in [2.05, 4.69) is 35.8 Å². The minimum atomic E-state index is 0.318. The molecule has 1 aliphatic heterocycles. The SMILES string of the molecule is CCN=C(N(C)C)N1CCC(Oc2ccccc2)CC1. The van der Waals surface area contributed by atoms with Gasteiger partial charge in [-0.2, -0.15) is 0 Å². The Kier molecular flexibility index (Phi) is 5.27. The van der Waals surface area contributed by atoms with Crippen molar-refractivity contribution in [3.05, 3.63) is 30.3 Å². The van der Waals surface area contributed by atoms with Crippen LogP contribution in [0, 0.1) is 0 Å². The number of likely N-dealkylation sites (tertiary alicyclic amines) is 1. The number of piperidine rings is 1. The van der Waals surface area contributed by atoms with Crippen molar-refractivity contribution in [3.63, 3.8) is 0 Å². The molecule has 0 N–H and O–H groups in total. The van der Waals surface area contributed by atoms with Crippen LogP contribution in [0.4, 0.5) is 0 Å². The molecule has 4 heteroatoms. The van der Waals surface area contributed by atoms with Crippen LogP contribution in [0.1, 0.15) is 19.8 Å². The van der Waals surface area contributed by atoms with Crippen molar-refractivity contribution in [2.75, 3.05) is 33.7 Å². The van der Waals surface area contributed by atoms with Crippen LogP contribution < -0.4 is 4.74 Å². The van der Waals surface area contributed by atoms with E-state index in [4.69, 9.17) is 4.74 Å². The molecule has 0 amide bonds. The zero-order valence-electron chi connectivity index (χ0n) is 12.7. The summed E-state index contributed by atoms with van der Waals surface area (Å²) >= 11 is 0. The first-order valence-electron chi connectivity index (χ1n) is 7.39. The highest BCUT2D eigenvalue weighted by Gasteiger charge is 2.23. The maximum atomic E-state index is 6.02. The van der Waals surface area contributed by atoms with Crippen LogP contribution in [0.25, 0.3) is 0 Å². The summed E-state index contributed by atoms with van der Waals surface area (Å²) in [6, 6.07) is 10.1. The van der Waals surface area contributed by atoms with Crippen LogP contribution in [-0.4, -0.2) is 55.6 Å². The molecule has 0 radical (unpaired) electrons. The predicted molar refractivity (Wildman–Crippen MR) is 83.3 cm³/mol. The Morgan fingerprint density at radius 1 is 1.25 bits per heavy atom. The molecule has 1 aliphatic rings. The Bertz CT molecular complexity index is 423. The molecule has 0 aliphatic carbocycles. The third kappa shape index (κ3) is 3.89. The number of hydrogen-bond donors (Lipinski definition) is 0. The van der Waals surface area contributed by atoms with E-state index in [-0.39, 0.29) is 0 Å². The predicted octanol–water partition coefficient (Wildman–Crippen LogP) is 2.47. The first-order chi connectivity index (χ1) is 9.70. The van der Waals surface area contributed by atoms with E-state index in [0.29, 0.717) is 6.10 Å². The average Bonchev–Trinajstić information content (AvgIpc) is 2.47. The Hall–Kier alpha value is -1.71. The standard InChI is InChI=1S/C16H25N3O/c1-4-17-16(18(2)3)19-12-10-15(11-13-19)20-14-8-6-5-7-9-14/h5-9,15H,4,10-13H2,1-3H3. The Balaban J connectivity index is 1.87. The summed E-state index contributed by atoms with van der Waals surface area (Å²) in [5.41, 5.74) is 0. The fraction of sp³-hybridized carbons (Fsp3) is 0.562. The van der Waals surface area contributed by atoms with Crippen molar-refractivity contribution in [2.45, 2.75) is 25.9 Å². The van der Waals surface area contributed by atoms with Gasteiger partial charge in [-0.25, -0.2) is 0 Å². The Morgan fingerprint density at radius 3 is 2.45 bits per heavy atom. The number of para-hydroxylation sites is 1. The number of rotatable bonds is 3. The van der Waals surface area contributed by atoms with Crippen molar-refractivity contribution in [1.82, 2.24) is 9.80 Å². The van der Waals surface area contributed by atoms with Gasteiger partial charge < -0.3 is 14.5 Å². The van der Waals surface area contributed by atoms with Gasteiger partial charge in [0.05, 0.1) is 0 Å². The smallest absolute Gasteiger partial charge is 0.196 e. The maximum absolute atomic E-state index is 6.02. The number of nitrogens with zero attached hydrogens (tertiary/aromatic N) is 3. The minimum Gasteiger partial charge on any atom is -0.490 e. The van der Waals surface area contributed by atoms with Gasteiger partial charge in [0.1, 0.15) is 11.9 Å². The summed E-state index contributed by atoms with van der Waals surface area (Å²) in [7, 11) is 4.11. The van der Waals surface area contributed by atoms with Crippen molar-refractivity contribution in [3.8, 4) is 5.75 Å². The maximum Gasteiger partial charge on any atom is 0.196 e. The third-order valence-electron chi connectivity index (χ3n) is 3.47. The van der Waals surface area contributed by atoms with E-state index < -0.39 is 0 Å². The molecule has 1 aromatic rings. The molecular weight excluding hydrogens is 250 g/mol. The molecular formula is C16H25N3O. The summed E-state index contributed by atoms with van der Waals surface area (Å²) in [4.78, 5) is 9.04. The van der Waals surface area contributed by atoms with E-state index in [1.165, 1.54) is 0 Å². The number of aliphatic imine (C=N–C) groups is 1. The van der Waals surface area contributed by atoms with Gasteiger partial charge in [0.25, 0.3) is 0 Å². The van der Waals surface area contributed by atoms with Gasteiger partial charge in [-0.05, 0) is 19.1 Å². The molecule has 1 fully saturated rings. The van der Waals surface area contributed by atoms with E-state index in [9.17, 15) is 0 Å². The van der Waals surface area contributed by atoms with Gasteiger partial charge in [-0.1, -0.05) is 18.2 Å². The largest absolute Gasteiger partial charge is 0.490 e. The second kappa shape index (κ2) is 7.17. The van der Waals surface area contributed by atoms with Gasteiger partial charge in [0, 0.05) is 46.6 Å². The van der Waals surface area contributed by atoms with Crippen LogP contribution in [0.2, 0.25) is 0 Å².